The summed E-state index contributed by atoms with van der Waals surface area (Å²) in [6, 6.07) is 9.97. The fourth-order valence-electron chi connectivity index (χ4n) is 2.57. The molecule has 0 aliphatic carbocycles. The number of benzene rings is 2. The first-order valence-corrected chi connectivity index (χ1v) is 8.10. The minimum Gasteiger partial charge on any atom is -0.454 e. The molecule has 0 N–H and O–H groups in total. The molecule has 0 aromatic heterocycles. The highest BCUT2D eigenvalue weighted by molar-refractivity contribution is 5.96. The van der Waals surface area contributed by atoms with Crippen LogP contribution in [0.4, 0.5) is 13.2 Å². The smallest absolute Gasteiger partial charge is 0.416 e. The van der Waals surface area contributed by atoms with Crippen molar-refractivity contribution in [2.75, 3.05) is 13.4 Å². The van der Waals surface area contributed by atoms with E-state index in [-0.39, 0.29) is 24.6 Å². The zero-order chi connectivity index (χ0) is 18.6. The first-order chi connectivity index (χ1) is 12.4. The van der Waals surface area contributed by atoms with E-state index in [1.165, 1.54) is 12.1 Å². The van der Waals surface area contributed by atoms with Crippen LogP contribution in [0.3, 0.4) is 0 Å². The largest absolute Gasteiger partial charge is 0.454 e. The molecular formula is C19H17F3O4. The van der Waals surface area contributed by atoms with Gasteiger partial charge in [0.2, 0.25) is 6.79 Å². The third-order valence-corrected chi connectivity index (χ3v) is 3.91. The molecule has 0 saturated heterocycles. The van der Waals surface area contributed by atoms with Crippen LogP contribution >= 0.6 is 0 Å². The van der Waals surface area contributed by atoms with Crippen molar-refractivity contribution in [3.05, 3.63) is 59.2 Å². The molecule has 26 heavy (non-hydrogen) atoms. The Labute approximate surface area is 148 Å². The monoisotopic (exact) mass is 366 g/mol. The van der Waals surface area contributed by atoms with Gasteiger partial charge in [0.25, 0.3) is 0 Å². The van der Waals surface area contributed by atoms with Crippen LogP contribution in [0.5, 0.6) is 11.5 Å². The van der Waals surface area contributed by atoms with E-state index in [0.717, 1.165) is 17.7 Å². The van der Waals surface area contributed by atoms with Gasteiger partial charge in [0.05, 0.1) is 12.2 Å². The summed E-state index contributed by atoms with van der Waals surface area (Å²) in [6.45, 7) is 0.894. The fourth-order valence-corrected chi connectivity index (χ4v) is 2.57. The minimum atomic E-state index is -4.45. The number of halogens is 3. The van der Waals surface area contributed by atoms with Gasteiger partial charge < -0.3 is 14.2 Å². The molecule has 2 aromatic carbocycles. The molecule has 2 aromatic rings. The molecule has 0 spiro atoms. The Morgan fingerprint density at radius 1 is 1.08 bits per heavy atom. The first kappa shape index (κ1) is 18.3. The summed E-state index contributed by atoms with van der Waals surface area (Å²) in [5.41, 5.74) is 0.163. The lowest BCUT2D eigenvalue weighted by atomic mass is 10.0. The van der Waals surface area contributed by atoms with Crippen LogP contribution in [0.15, 0.2) is 42.5 Å². The van der Waals surface area contributed by atoms with Crippen molar-refractivity contribution in [2.45, 2.75) is 25.6 Å². The summed E-state index contributed by atoms with van der Waals surface area (Å²) in [5.74, 6) is 1.04. The predicted molar refractivity (Wildman–Crippen MR) is 87.2 cm³/mol. The number of ether oxygens (including phenoxy) is 3. The number of hydrogen-bond donors (Lipinski definition) is 0. The Hall–Kier alpha value is -2.54. The summed E-state index contributed by atoms with van der Waals surface area (Å²) in [6.07, 6.45) is -3.90. The maximum Gasteiger partial charge on any atom is 0.416 e. The fraction of sp³-hybridized carbons (Fsp3) is 0.316. The molecule has 0 saturated carbocycles. The Kier molecular flexibility index (Phi) is 5.46. The molecule has 1 aliphatic rings. The van der Waals surface area contributed by atoms with Crippen molar-refractivity contribution in [1.29, 1.82) is 0 Å². The molecular weight excluding hydrogens is 349 g/mol. The second kappa shape index (κ2) is 7.78. The van der Waals surface area contributed by atoms with Crippen molar-refractivity contribution in [3.63, 3.8) is 0 Å². The van der Waals surface area contributed by atoms with Crippen LogP contribution < -0.4 is 9.47 Å². The molecule has 138 valence electrons. The minimum absolute atomic E-state index is 0.0654. The summed E-state index contributed by atoms with van der Waals surface area (Å²) in [4.78, 5) is 12.0. The van der Waals surface area contributed by atoms with Gasteiger partial charge in [-0.1, -0.05) is 18.2 Å². The molecule has 0 radical (unpaired) electrons. The third kappa shape index (κ3) is 4.54. The Morgan fingerprint density at radius 2 is 1.88 bits per heavy atom. The molecule has 4 nitrogen and oxygen atoms in total. The number of carbonyl (C=O) groups excluding carboxylic acids is 1. The van der Waals surface area contributed by atoms with E-state index >= 15 is 0 Å². The van der Waals surface area contributed by atoms with Crippen LogP contribution in [0.1, 0.15) is 34.3 Å². The molecule has 3 rings (SSSR count). The zero-order valence-corrected chi connectivity index (χ0v) is 13.8. The quantitative estimate of drug-likeness (QED) is 0.530. The van der Waals surface area contributed by atoms with Gasteiger partial charge >= 0.3 is 6.18 Å². The standard InChI is InChI=1S/C19H17F3O4/c20-19(21,22)15-4-1-3-14(10-15)16(23)5-2-8-24-11-13-6-7-17-18(9-13)26-12-25-17/h1,3-4,6-7,9-10H,2,5,8,11-12H2. The Bertz CT molecular complexity index is 787. The zero-order valence-electron chi connectivity index (χ0n) is 13.8. The second-order valence-corrected chi connectivity index (χ2v) is 5.85. The number of hydrogen-bond acceptors (Lipinski definition) is 4. The Morgan fingerprint density at radius 3 is 2.69 bits per heavy atom. The van der Waals surface area contributed by atoms with E-state index in [4.69, 9.17) is 14.2 Å². The van der Waals surface area contributed by atoms with Gasteiger partial charge in [-0.2, -0.15) is 13.2 Å². The highest BCUT2D eigenvalue weighted by Gasteiger charge is 2.30. The van der Waals surface area contributed by atoms with Crippen molar-refractivity contribution in [2.24, 2.45) is 0 Å². The first-order valence-electron chi connectivity index (χ1n) is 8.10. The summed E-state index contributed by atoms with van der Waals surface area (Å²) in [5, 5.41) is 0. The van der Waals surface area contributed by atoms with Gasteiger partial charge in [-0.15, -0.1) is 0 Å². The predicted octanol–water partition coefficient (Wildman–Crippen LogP) is 4.61. The summed E-state index contributed by atoms with van der Waals surface area (Å²) >= 11 is 0. The summed E-state index contributed by atoms with van der Waals surface area (Å²) < 4.78 is 54.1. The molecule has 1 heterocycles. The highest BCUT2D eigenvalue weighted by atomic mass is 19.4. The molecule has 7 heteroatoms. The maximum atomic E-state index is 12.7. The maximum absolute atomic E-state index is 12.7. The molecule has 0 amide bonds. The van der Waals surface area contributed by atoms with Crippen molar-refractivity contribution >= 4 is 5.78 Å². The van der Waals surface area contributed by atoms with E-state index in [1.54, 1.807) is 6.07 Å². The summed E-state index contributed by atoms with van der Waals surface area (Å²) in [7, 11) is 0. The lowest BCUT2D eigenvalue weighted by molar-refractivity contribution is -0.137. The average Bonchev–Trinajstić information content (AvgIpc) is 3.08. The van der Waals surface area contributed by atoms with Crippen LogP contribution in [0, 0.1) is 0 Å². The van der Waals surface area contributed by atoms with Crippen molar-refractivity contribution in [3.8, 4) is 11.5 Å². The van der Waals surface area contributed by atoms with Gasteiger partial charge in [0.15, 0.2) is 17.3 Å². The van der Waals surface area contributed by atoms with Gasteiger partial charge in [-0.05, 0) is 36.2 Å². The number of fused-ring (bicyclic) bond motifs is 1. The number of Topliss-reactive ketones (excluding diaryl/α,β-unsaturated/α-hetero) is 1. The lowest BCUT2D eigenvalue weighted by Crippen LogP contribution is -2.08. The van der Waals surface area contributed by atoms with Crippen molar-refractivity contribution < 1.29 is 32.2 Å². The van der Waals surface area contributed by atoms with Gasteiger partial charge in [-0.3, -0.25) is 4.79 Å². The number of ketones is 1. The third-order valence-electron chi connectivity index (χ3n) is 3.91. The molecule has 0 atom stereocenters. The van der Waals surface area contributed by atoms with E-state index in [2.05, 4.69) is 0 Å². The van der Waals surface area contributed by atoms with E-state index in [1.807, 2.05) is 12.1 Å². The van der Waals surface area contributed by atoms with E-state index in [9.17, 15) is 18.0 Å². The molecule has 0 fully saturated rings. The number of carbonyl (C=O) groups is 1. The SMILES string of the molecule is O=C(CCCOCc1ccc2c(c1)OCO2)c1cccc(C(F)(F)F)c1. The molecule has 1 aliphatic heterocycles. The van der Waals surface area contributed by atoms with Crippen molar-refractivity contribution in [1.82, 2.24) is 0 Å². The van der Waals surface area contributed by atoms with Gasteiger partial charge in [0.1, 0.15) is 0 Å². The molecule has 0 bridgehead atoms. The van der Waals surface area contributed by atoms with Crippen LogP contribution in [0.2, 0.25) is 0 Å². The van der Waals surface area contributed by atoms with Crippen LogP contribution in [0.25, 0.3) is 0 Å². The number of alkyl halides is 3. The molecule has 0 unspecified atom stereocenters. The second-order valence-electron chi connectivity index (χ2n) is 5.85. The normalized spacial score (nSPS) is 13.0. The van der Waals surface area contributed by atoms with Crippen LogP contribution in [-0.2, 0) is 17.5 Å². The topological polar surface area (TPSA) is 44.8 Å². The van der Waals surface area contributed by atoms with Gasteiger partial charge in [-0.25, -0.2) is 0 Å². The lowest BCUT2D eigenvalue weighted by Gasteiger charge is -2.08. The highest BCUT2D eigenvalue weighted by Crippen LogP contribution is 2.32. The number of rotatable bonds is 7. The van der Waals surface area contributed by atoms with Gasteiger partial charge in [0, 0.05) is 18.6 Å². The van der Waals surface area contributed by atoms with E-state index < -0.39 is 11.7 Å². The van der Waals surface area contributed by atoms with Crippen LogP contribution in [-0.4, -0.2) is 19.2 Å². The van der Waals surface area contributed by atoms with E-state index in [0.29, 0.717) is 31.1 Å². The average molecular weight is 366 g/mol. The Balaban J connectivity index is 1.43.